The van der Waals surface area contributed by atoms with E-state index in [-0.39, 0.29) is 30.0 Å². The molecular formula is C14H18F2N2O. The van der Waals surface area contributed by atoms with Crippen molar-refractivity contribution in [2.45, 2.75) is 32.4 Å². The third kappa shape index (κ3) is 3.29. The summed E-state index contributed by atoms with van der Waals surface area (Å²) in [4.78, 5) is 13.8. The van der Waals surface area contributed by atoms with Crippen LogP contribution in [0, 0.1) is 11.6 Å². The molecule has 1 heterocycles. The molecule has 2 unspecified atom stereocenters. The van der Waals surface area contributed by atoms with Crippen molar-refractivity contribution < 1.29 is 13.6 Å². The summed E-state index contributed by atoms with van der Waals surface area (Å²) >= 11 is 0. The number of carbonyl (C=O) groups excluding carboxylic acids is 1. The van der Waals surface area contributed by atoms with E-state index in [0.29, 0.717) is 13.1 Å². The predicted octanol–water partition coefficient (Wildman–Crippen LogP) is 1.72. The summed E-state index contributed by atoms with van der Waals surface area (Å²) in [6, 6.07) is 4.35. The van der Waals surface area contributed by atoms with Crippen molar-refractivity contribution in [3.63, 3.8) is 0 Å². The Bertz CT molecular complexity index is 469. The molecule has 0 bridgehead atoms. The third-order valence-corrected chi connectivity index (χ3v) is 3.28. The molecule has 1 aromatic rings. The van der Waals surface area contributed by atoms with Crippen molar-refractivity contribution in [2.75, 3.05) is 13.1 Å². The van der Waals surface area contributed by atoms with Gasteiger partial charge in [-0.1, -0.05) is 12.1 Å². The molecule has 0 saturated carbocycles. The van der Waals surface area contributed by atoms with Crippen LogP contribution in [0.4, 0.5) is 8.78 Å². The van der Waals surface area contributed by atoms with Gasteiger partial charge in [0, 0.05) is 30.7 Å². The van der Waals surface area contributed by atoms with Crippen molar-refractivity contribution >= 4 is 5.91 Å². The summed E-state index contributed by atoms with van der Waals surface area (Å²) < 4.78 is 26.6. The van der Waals surface area contributed by atoms with Crippen LogP contribution in [0.15, 0.2) is 18.2 Å². The van der Waals surface area contributed by atoms with Gasteiger partial charge in [-0.05, 0) is 19.9 Å². The molecule has 1 aromatic carbocycles. The minimum atomic E-state index is -0.924. The second kappa shape index (κ2) is 5.65. The van der Waals surface area contributed by atoms with E-state index in [1.54, 1.807) is 4.90 Å². The van der Waals surface area contributed by atoms with Crippen LogP contribution in [0.1, 0.15) is 19.4 Å². The fourth-order valence-corrected chi connectivity index (χ4v) is 2.49. The number of hydrogen-bond donors (Lipinski definition) is 1. The zero-order valence-corrected chi connectivity index (χ0v) is 11.1. The van der Waals surface area contributed by atoms with Gasteiger partial charge >= 0.3 is 0 Å². The van der Waals surface area contributed by atoms with Gasteiger partial charge in [-0.2, -0.15) is 0 Å². The van der Waals surface area contributed by atoms with E-state index >= 15 is 0 Å². The quantitative estimate of drug-likeness (QED) is 0.885. The Morgan fingerprint density at radius 1 is 1.32 bits per heavy atom. The summed E-state index contributed by atoms with van der Waals surface area (Å²) in [6.07, 6.45) is -0.0942. The standard InChI is InChI=1S/C14H18F2N2O/c1-9-7-18(8-10(2)17-9)13(19)6-11-4-3-5-12(15)14(11)16/h3-5,9-10,17H,6-8H2,1-2H3. The van der Waals surface area contributed by atoms with Gasteiger partial charge in [-0.3, -0.25) is 4.79 Å². The fourth-order valence-electron chi connectivity index (χ4n) is 2.49. The maximum absolute atomic E-state index is 13.5. The van der Waals surface area contributed by atoms with Crippen molar-refractivity contribution in [1.82, 2.24) is 10.2 Å². The Hall–Kier alpha value is -1.49. The number of rotatable bonds is 2. The van der Waals surface area contributed by atoms with Crippen LogP contribution in [0.5, 0.6) is 0 Å². The van der Waals surface area contributed by atoms with Gasteiger partial charge in [0.25, 0.3) is 0 Å². The van der Waals surface area contributed by atoms with E-state index in [1.807, 2.05) is 13.8 Å². The highest BCUT2D eigenvalue weighted by atomic mass is 19.2. The number of hydrogen-bond acceptors (Lipinski definition) is 2. The molecule has 1 N–H and O–H groups in total. The molecule has 1 fully saturated rings. The molecule has 1 aliphatic rings. The first-order valence-corrected chi connectivity index (χ1v) is 6.44. The number of nitrogens with zero attached hydrogens (tertiary/aromatic N) is 1. The van der Waals surface area contributed by atoms with Crippen molar-refractivity contribution in [3.8, 4) is 0 Å². The molecule has 1 saturated heterocycles. The largest absolute Gasteiger partial charge is 0.339 e. The lowest BCUT2D eigenvalue weighted by atomic mass is 10.1. The van der Waals surface area contributed by atoms with Gasteiger partial charge in [0.1, 0.15) is 0 Å². The molecular weight excluding hydrogens is 250 g/mol. The lowest BCUT2D eigenvalue weighted by Gasteiger charge is -2.36. The highest BCUT2D eigenvalue weighted by molar-refractivity contribution is 5.79. The molecule has 0 aliphatic carbocycles. The molecule has 0 aromatic heterocycles. The Kier molecular flexibility index (Phi) is 4.14. The number of piperazine rings is 1. The van der Waals surface area contributed by atoms with Gasteiger partial charge in [0.05, 0.1) is 6.42 Å². The van der Waals surface area contributed by atoms with Crippen LogP contribution < -0.4 is 5.32 Å². The Labute approximate surface area is 111 Å². The van der Waals surface area contributed by atoms with E-state index in [2.05, 4.69) is 5.32 Å². The van der Waals surface area contributed by atoms with Crippen LogP contribution in [-0.2, 0) is 11.2 Å². The van der Waals surface area contributed by atoms with E-state index < -0.39 is 11.6 Å². The average molecular weight is 268 g/mol. The Balaban J connectivity index is 2.06. The van der Waals surface area contributed by atoms with Crippen LogP contribution in [0.25, 0.3) is 0 Å². The van der Waals surface area contributed by atoms with Crippen molar-refractivity contribution in [3.05, 3.63) is 35.4 Å². The fraction of sp³-hybridized carbons (Fsp3) is 0.500. The lowest BCUT2D eigenvalue weighted by Crippen LogP contribution is -2.56. The summed E-state index contributed by atoms with van der Waals surface area (Å²) in [5.74, 6) is -2.00. The molecule has 1 amide bonds. The van der Waals surface area contributed by atoms with E-state index in [4.69, 9.17) is 0 Å². The minimum Gasteiger partial charge on any atom is -0.339 e. The molecule has 19 heavy (non-hydrogen) atoms. The van der Waals surface area contributed by atoms with Crippen LogP contribution in [0.2, 0.25) is 0 Å². The summed E-state index contributed by atoms with van der Waals surface area (Å²) in [6.45, 7) is 5.19. The first-order chi connectivity index (χ1) is 8.97. The maximum atomic E-state index is 13.5. The highest BCUT2D eigenvalue weighted by Crippen LogP contribution is 2.14. The normalized spacial score (nSPS) is 23.5. The summed E-state index contributed by atoms with van der Waals surface area (Å²) in [5.41, 5.74) is 0.115. The Morgan fingerprint density at radius 2 is 1.95 bits per heavy atom. The smallest absolute Gasteiger partial charge is 0.227 e. The van der Waals surface area contributed by atoms with Crippen molar-refractivity contribution in [1.29, 1.82) is 0 Å². The molecule has 2 rings (SSSR count). The summed E-state index contributed by atoms with van der Waals surface area (Å²) in [5, 5.41) is 3.32. The molecule has 0 spiro atoms. The zero-order chi connectivity index (χ0) is 14.0. The van der Waals surface area contributed by atoms with Gasteiger partial charge < -0.3 is 10.2 Å². The molecule has 2 atom stereocenters. The van der Waals surface area contributed by atoms with E-state index in [1.165, 1.54) is 12.1 Å². The van der Waals surface area contributed by atoms with Crippen LogP contribution in [0.3, 0.4) is 0 Å². The number of benzene rings is 1. The highest BCUT2D eigenvalue weighted by Gasteiger charge is 2.25. The molecule has 1 aliphatic heterocycles. The first kappa shape index (κ1) is 13.9. The van der Waals surface area contributed by atoms with Crippen LogP contribution in [-0.4, -0.2) is 36.0 Å². The first-order valence-electron chi connectivity index (χ1n) is 6.44. The molecule has 0 radical (unpaired) electrons. The third-order valence-electron chi connectivity index (χ3n) is 3.28. The second-order valence-corrected chi connectivity index (χ2v) is 5.16. The molecule has 5 heteroatoms. The molecule has 3 nitrogen and oxygen atoms in total. The average Bonchev–Trinajstić information content (AvgIpc) is 2.33. The predicted molar refractivity (Wildman–Crippen MR) is 68.7 cm³/mol. The monoisotopic (exact) mass is 268 g/mol. The molecule has 104 valence electrons. The van der Waals surface area contributed by atoms with Gasteiger partial charge in [0.15, 0.2) is 11.6 Å². The number of halogens is 2. The van der Waals surface area contributed by atoms with Crippen LogP contribution >= 0.6 is 0 Å². The maximum Gasteiger partial charge on any atom is 0.227 e. The lowest BCUT2D eigenvalue weighted by molar-refractivity contribution is -0.132. The SMILES string of the molecule is CC1CN(C(=O)Cc2cccc(F)c2F)CC(C)N1. The van der Waals surface area contributed by atoms with Gasteiger partial charge in [0.2, 0.25) is 5.91 Å². The minimum absolute atomic E-state index is 0.0942. The van der Waals surface area contributed by atoms with Crippen molar-refractivity contribution in [2.24, 2.45) is 0 Å². The van der Waals surface area contributed by atoms with E-state index in [0.717, 1.165) is 6.07 Å². The number of amides is 1. The van der Waals surface area contributed by atoms with Gasteiger partial charge in [-0.15, -0.1) is 0 Å². The Morgan fingerprint density at radius 3 is 2.58 bits per heavy atom. The second-order valence-electron chi connectivity index (χ2n) is 5.16. The van der Waals surface area contributed by atoms with Gasteiger partial charge in [-0.25, -0.2) is 8.78 Å². The van der Waals surface area contributed by atoms with E-state index in [9.17, 15) is 13.6 Å². The zero-order valence-electron chi connectivity index (χ0n) is 11.1. The number of nitrogens with one attached hydrogen (secondary N) is 1. The summed E-state index contributed by atoms with van der Waals surface area (Å²) in [7, 11) is 0. The topological polar surface area (TPSA) is 32.3 Å². The number of carbonyl (C=O) groups is 1.